The maximum absolute atomic E-state index is 4.76. The standard InChI is InChI=1S/C16H17N3S/c1-3-10-11(4-2)15-18-20-16(13-9-17-13)19(15)14-8-6-5-7-12(10)14/h3-8,13,16-17H,9H2,1-2H3/b10-3+,11-4+. The molecule has 0 bridgehead atoms. The molecule has 3 aliphatic rings. The quantitative estimate of drug-likeness (QED) is 0.635. The van der Waals surface area contributed by atoms with Gasteiger partial charge in [-0.05, 0) is 25.5 Å². The van der Waals surface area contributed by atoms with Gasteiger partial charge in [-0.15, -0.1) is 0 Å². The van der Waals surface area contributed by atoms with Crippen LogP contribution in [0.4, 0.5) is 5.69 Å². The Hall–Kier alpha value is -1.52. The summed E-state index contributed by atoms with van der Waals surface area (Å²) in [7, 11) is 0. The van der Waals surface area contributed by atoms with Crippen molar-refractivity contribution in [3.8, 4) is 0 Å². The average molecular weight is 283 g/mol. The van der Waals surface area contributed by atoms with Gasteiger partial charge in [0.25, 0.3) is 0 Å². The Morgan fingerprint density at radius 1 is 1.25 bits per heavy atom. The second-order valence-electron chi connectivity index (χ2n) is 5.22. The molecule has 2 unspecified atom stereocenters. The summed E-state index contributed by atoms with van der Waals surface area (Å²) < 4.78 is 4.76. The number of hydrogen-bond acceptors (Lipinski definition) is 4. The molecule has 3 aliphatic heterocycles. The SMILES string of the molecule is C/C=C1\C(=C/C)C2=NSC(C3CN3)N2c2ccccc21. The minimum atomic E-state index is 0.388. The van der Waals surface area contributed by atoms with E-state index in [1.807, 2.05) is 0 Å². The van der Waals surface area contributed by atoms with Crippen LogP contribution in [-0.4, -0.2) is 23.8 Å². The number of para-hydroxylation sites is 1. The molecule has 3 nitrogen and oxygen atoms in total. The van der Waals surface area contributed by atoms with E-state index in [9.17, 15) is 0 Å². The predicted molar refractivity (Wildman–Crippen MR) is 86.9 cm³/mol. The van der Waals surface area contributed by atoms with Gasteiger partial charge in [-0.1, -0.05) is 30.4 Å². The van der Waals surface area contributed by atoms with E-state index in [0.29, 0.717) is 11.4 Å². The van der Waals surface area contributed by atoms with Crippen LogP contribution in [0.25, 0.3) is 5.57 Å². The Balaban J connectivity index is 1.93. The van der Waals surface area contributed by atoms with Crippen molar-refractivity contribution >= 4 is 29.0 Å². The first-order valence-corrected chi connectivity index (χ1v) is 7.88. The van der Waals surface area contributed by atoms with Gasteiger partial charge in [0, 0.05) is 29.6 Å². The summed E-state index contributed by atoms with van der Waals surface area (Å²) in [5, 5.41) is 3.82. The van der Waals surface area contributed by atoms with Crippen molar-refractivity contribution in [2.75, 3.05) is 11.4 Å². The number of hydrogen-bond donors (Lipinski definition) is 1. The van der Waals surface area contributed by atoms with E-state index in [4.69, 9.17) is 4.40 Å². The van der Waals surface area contributed by atoms with Gasteiger partial charge in [0.15, 0.2) is 0 Å². The van der Waals surface area contributed by atoms with Crippen molar-refractivity contribution in [3.05, 3.63) is 47.6 Å². The lowest BCUT2D eigenvalue weighted by molar-refractivity contribution is 0.860. The van der Waals surface area contributed by atoms with Crippen molar-refractivity contribution in [3.63, 3.8) is 0 Å². The van der Waals surface area contributed by atoms with Crippen molar-refractivity contribution in [1.29, 1.82) is 0 Å². The lowest BCUT2D eigenvalue weighted by Crippen LogP contribution is -2.42. The molecule has 0 radical (unpaired) electrons. The van der Waals surface area contributed by atoms with Gasteiger partial charge in [-0.2, -0.15) is 4.40 Å². The van der Waals surface area contributed by atoms with Crippen LogP contribution in [0.1, 0.15) is 19.4 Å². The topological polar surface area (TPSA) is 37.5 Å². The summed E-state index contributed by atoms with van der Waals surface area (Å²) in [5.41, 5.74) is 5.15. The van der Waals surface area contributed by atoms with Crippen molar-refractivity contribution in [1.82, 2.24) is 5.32 Å². The lowest BCUT2D eigenvalue weighted by atomic mass is 9.90. The molecule has 0 saturated carbocycles. The normalized spacial score (nSPS) is 31.3. The summed E-state index contributed by atoms with van der Waals surface area (Å²) >= 11 is 1.70. The molecule has 3 heterocycles. The Morgan fingerprint density at radius 2 is 2.00 bits per heavy atom. The van der Waals surface area contributed by atoms with E-state index >= 15 is 0 Å². The van der Waals surface area contributed by atoms with E-state index in [-0.39, 0.29) is 0 Å². The van der Waals surface area contributed by atoms with Crippen LogP contribution in [0.3, 0.4) is 0 Å². The van der Waals surface area contributed by atoms with Crippen LogP contribution in [0.5, 0.6) is 0 Å². The number of fused-ring (bicyclic) bond motifs is 3. The molecule has 102 valence electrons. The summed E-state index contributed by atoms with van der Waals surface area (Å²) in [5.74, 6) is 1.11. The highest BCUT2D eigenvalue weighted by atomic mass is 32.2. The number of benzene rings is 1. The Bertz CT molecular complexity index is 655. The van der Waals surface area contributed by atoms with Crippen LogP contribution in [0, 0.1) is 0 Å². The van der Waals surface area contributed by atoms with Crippen LogP contribution in [0.2, 0.25) is 0 Å². The highest BCUT2D eigenvalue weighted by Crippen LogP contribution is 2.46. The minimum absolute atomic E-state index is 0.388. The third-order valence-electron chi connectivity index (χ3n) is 4.08. The van der Waals surface area contributed by atoms with Crippen LogP contribution in [-0.2, 0) is 0 Å². The molecule has 1 N–H and O–H groups in total. The summed E-state index contributed by atoms with van der Waals surface area (Å²) in [6.45, 7) is 5.30. The average Bonchev–Trinajstić information content (AvgIpc) is 3.24. The molecular formula is C16H17N3S. The first-order valence-electron chi connectivity index (χ1n) is 7.04. The molecule has 2 atom stereocenters. The zero-order valence-corrected chi connectivity index (χ0v) is 12.4. The predicted octanol–water partition coefficient (Wildman–Crippen LogP) is 3.21. The third-order valence-corrected chi connectivity index (χ3v) is 5.11. The molecule has 0 spiro atoms. The number of nitrogens with zero attached hydrogens (tertiary/aromatic N) is 2. The van der Waals surface area contributed by atoms with Gasteiger partial charge in [0.2, 0.25) is 0 Å². The van der Waals surface area contributed by atoms with E-state index in [2.05, 4.69) is 60.5 Å². The molecule has 0 aliphatic carbocycles. The summed E-state index contributed by atoms with van der Waals surface area (Å²) in [6, 6.07) is 9.21. The fourth-order valence-electron chi connectivity index (χ4n) is 3.04. The van der Waals surface area contributed by atoms with E-state index in [1.165, 1.54) is 22.4 Å². The van der Waals surface area contributed by atoms with E-state index in [0.717, 1.165) is 12.4 Å². The second kappa shape index (κ2) is 4.50. The van der Waals surface area contributed by atoms with Gasteiger partial charge in [0.1, 0.15) is 11.2 Å². The molecule has 1 aromatic rings. The highest BCUT2D eigenvalue weighted by molar-refractivity contribution is 7.99. The van der Waals surface area contributed by atoms with Gasteiger partial charge < -0.3 is 10.2 Å². The fraction of sp³-hybridized carbons (Fsp3) is 0.312. The van der Waals surface area contributed by atoms with Gasteiger partial charge in [-0.25, -0.2) is 0 Å². The zero-order valence-electron chi connectivity index (χ0n) is 11.6. The first kappa shape index (κ1) is 12.2. The number of anilines is 1. The molecule has 20 heavy (non-hydrogen) atoms. The molecule has 1 aromatic carbocycles. The molecule has 4 heteroatoms. The largest absolute Gasteiger partial charge is 0.309 e. The first-order chi connectivity index (χ1) is 9.85. The van der Waals surface area contributed by atoms with E-state index in [1.54, 1.807) is 11.9 Å². The van der Waals surface area contributed by atoms with E-state index < -0.39 is 0 Å². The highest BCUT2D eigenvalue weighted by Gasteiger charge is 2.45. The van der Waals surface area contributed by atoms with Crippen LogP contribution in [0.15, 0.2) is 46.4 Å². The van der Waals surface area contributed by atoms with Gasteiger partial charge >= 0.3 is 0 Å². The second-order valence-corrected chi connectivity index (χ2v) is 6.09. The lowest BCUT2D eigenvalue weighted by Gasteiger charge is -2.35. The Kier molecular flexibility index (Phi) is 2.75. The fourth-order valence-corrected chi connectivity index (χ4v) is 4.08. The number of rotatable bonds is 1. The molecular weight excluding hydrogens is 266 g/mol. The van der Waals surface area contributed by atoms with Crippen molar-refractivity contribution < 1.29 is 0 Å². The van der Waals surface area contributed by atoms with Crippen molar-refractivity contribution in [2.45, 2.75) is 25.3 Å². The molecule has 4 rings (SSSR count). The van der Waals surface area contributed by atoms with Gasteiger partial charge in [-0.3, -0.25) is 0 Å². The third kappa shape index (κ3) is 1.61. The smallest absolute Gasteiger partial charge is 0.149 e. The maximum atomic E-state index is 4.76. The molecule has 1 saturated heterocycles. The Labute approximate surface area is 123 Å². The Morgan fingerprint density at radius 3 is 2.70 bits per heavy atom. The van der Waals surface area contributed by atoms with Crippen LogP contribution >= 0.6 is 11.9 Å². The number of amidine groups is 1. The maximum Gasteiger partial charge on any atom is 0.149 e. The summed E-state index contributed by atoms with van der Waals surface area (Å²) in [4.78, 5) is 2.41. The minimum Gasteiger partial charge on any atom is -0.309 e. The monoisotopic (exact) mass is 283 g/mol. The molecule has 0 aromatic heterocycles. The molecule has 0 amide bonds. The van der Waals surface area contributed by atoms with Gasteiger partial charge in [0.05, 0.1) is 11.7 Å². The summed E-state index contributed by atoms with van der Waals surface area (Å²) in [6.07, 6.45) is 4.38. The zero-order chi connectivity index (χ0) is 13.7. The van der Waals surface area contributed by atoms with Crippen molar-refractivity contribution in [2.24, 2.45) is 4.40 Å². The molecule has 1 fully saturated rings. The number of allylic oxidation sites excluding steroid dienone is 2. The van der Waals surface area contributed by atoms with Crippen LogP contribution < -0.4 is 10.2 Å². The number of nitrogens with one attached hydrogen (secondary N) is 1.